The SMILES string of the molecule is COc1cc(C=NNc2cccc(Cl)c2)cc([N+](=O)[O-])c1OCc1cccc(Cl)c1. The van der Waals surface area contributed by atoms with E-state index in [2.05, 4.69) is 10.5 Å². The first kappa shape index (κ1) is 21.4. The zero-order valence-electron chi connectivity index (χ0n) is 15.8. The largest absolute Gasteiger partial charge is 0.493 e. The lowest BCUT2D eigenvalue weighted by Crippen LogP contribution is -2.03. The molecule has 1 N–H and O–H groups in total. The molecule has 0 aliphatic heterocycles. The van der Waals surface area contributed by atoms with Crippen molar-refractivity contribution in [1.29, 1.82) is 0 Å². The number of halogens is 2. The van der Waals surface area contributed by atoms with Gasteiger partial charge in [0.15, 0.2) is 5.75 Å². The summed E-state index contributed by atoms with van der Waals surface area (Å²) in [5.74, 6) is 0.248. The van der Waals surface area contributed by atoms with Gasteiger partial charge in [0, 0.05) is 21.7 Å². The topological polar surface area (TPSA) is 86.0 Å². The average molecular weight is 446 g/mol. The third-order valence-electron chi connectivity index (χ3n) is 3.98. The van der Waals surface area contributed by atoms with Crippen molar-refractivity contribution in [3.8, 4) is 11.5 Å². The quantitative estimate of drug-likeness (QED) is 0.263. The van der Waals surface area contributed by atoms with E-state index in [1.165, 1.54) is 19.4 Å². The van der Waals surface area contributed by atoms with E-state index in [-0.39, 0.29) is 23.8 Å². The van der Waals surface area contributed by atoms with Crippen LogP contribution in [0.15, 0.2) is 65.8 Å². The van der Waals surface area contributed by atoms with Crippen molar-refractivity contribution in [3.05, 3.63) is 92.0 Å². The normalized spacial score (nSPS) is 10.8. The number of hydrazone groups is 1. The first-order valence-electron chi connectivity index (χ1n) is 8.74. The molecule has 30 heavy (non-hydrogen) atoms. The van der Waals surface area contributed by atoms with Crippen LogP contribution >= 0.6 is 23.2 Å². The minimum absolute atomic E-state index is 0.0300. The Labute approximate surface area is 183 Å². The highest BCUT2D eigenvalue weighted by Crippen LogP contribution is 2.38. The van der Waals surface area contributed by atoms with Crippen LogP contribution in [-0.4, -0.2) is 18.2 Å². The van der Waals surface area contributed by atoms with E-state index in [0.29, 0.717) is 21.3 Å². The van der Waals surface area contributed by atoms with Crippen LogP contribution < -0.4 is 14.9 Å². The fraction of sp³-hybridized carbons (Fsp3) is 0.0952. The molecular formula is C21H17Cl2N3O4. The average Bonchev–Trinajstić information content (AvgIpc) is 2.72. The molecule has 3 rings (SSSR count). The molecule has 0 amide bonds. The van der Waals surface area contributed by atoms with E-state index in [0.717, 1.165) is 5.56 Å². The Morgan fingerprint density at radius 2 is 1.83 bits per heavy atom. The summed E-state index contributed by atoms with van der Waals surface area (Å²) in [7, 11) is 1.41. The summed E-state index contributed by atoms with van der Waals surface area (Å²) < 4.78 is 11.0. The summed E-state index contributed by atoms with van der Waals surface area (Å²) in [6, 6.07) is 17.0. The molecule has 0 spiro atoms. The minimum Gasteiger partial charge on any atom is -0.493 e. The molecule has 0 atom stereocenters. The predicted molar refractivity (Wildman–Crippen MR) is 118 cm³/mol. The molecule has 0 fully saturated rings. The fourth-order valence-corrected chi connectivity index (χ4v) is 3.04. The van der Waals surface area contributed by atoms with Crippen LogP contribution in [0.3, 0.4) is 0 Å². The van der Waals surface area contributed by atoms with Gasteiger partial charge in [0.25, 0.3) is 0 Å². The Bertz CT molecular complexity index is 1090. The highest BCUT2D eigenvalue weighted by atomic mass is 35.5. The van der Waals surface area contributed by atoms with Crippen LogP contribution in [0.5, 0.6) is 11.5 Å². The fourth-order valence-electron chi connectivity index (χ4n) is 2.64. The Morgan fingerprint density at radius 3 is 2.50 bits per heavy atom. The van der Waals surface area contributed by atoms with Crippen molar-refractivity contribution < 1.29 is 14.4 Å². The van der Waals surface area contributed by atoms with Gasteiger partial charge in [-0.1, -0.05) is 41.4 Å². The molecule has 7 nitrogen and oxygen atoms in total. The molecular weight excluding hydrogens is 429 g/mol. The zero-order chi connectivity index (χ0) is 21.5. The van der Waals surface area contributed by atoms with E-state index in [1.54, 1.807) is 48.5 Å². The van der Waals surface area contributed by atoms with Gasteiger partial charge in [0.1, 0.15) is 6.61 Å². The number of benzene rings is 3. The van der Waals surface area contributed by atoms with E-state index < -0.39 is 4.92 Å². The van der Waals surface area contributed by atoms with Gasteiger partial charge in [-0.05, 0) is 42.0 Å². The van der Waals surface area contributed by atoms with Crippen molar-refractivity contribution in [1.82, 2.24) is 0 Å². The number of rotatable bonds is 8. The van der Waals surface area contributed by atoms with Crippen LogP contribution in [0.25, 0.3) is 0 Å². The number of hydrogen-bond donors (Lipinski definition) is 1. The zero-order valence-corrected chi connectivity index (χ0v) is 17.4. The second kappa shape index (κ2) is 9.96. The Balaban J connectivity index is 1.83. The van der Waals surface area contributed by atoms with Crippen LogP contribution in [-0.2, 0) is 6.61 Å². The molecule has 0 unspecified atom stereocenters. The second-order valence-corrected chi connectivity index (χ2v) is 7.00. The van der Waals surface area contributed by atoms with Crippen LogP contribution in [0.2, 0.25) is 10.0 Å². The monoisotopic (exact) mass is 445 g/mol. The van der Waals surface area contributed by atoms with Gasteiger partial charge in [-0.25, -0.2) is 0 Å². The summed E-state index contributed by atoms with van der Waals surface area (Å²) >= 11 is 11.9. The summed E-state index contributed by atoms with van der Waals surface area (Å²) in [5, 5.41) is 16.8. The molecule has 3 aromatic rings. The van der Waals surface area contributed by atoms with Crippen LogP contribution in [0.4, 0.5) is 11.4 Å². The summed E-state index contributed by atoms with van der Waals surface area (Å²) in [6.07, 6.45) is 1.44. The minimum atomic E-state index is -0.530. The van der Waals surface area contributed by atoms with Crippen molar-refractivity contribution in [3.63, 3.8) is 0 Å². The van der Waals surface area contributed by atoms with Crippen molar-refractivity contribution in [2.24, 2.45) is 5.10 Å². The predicted octanol–water partition coefficient (Wildman–Crippen LogP) is 5.94. The van der Waals surface area contributed by atoms with Gasteiger partial charge in [-0.15, -0.1) is 0 Å². The lowest BCUT2D eigenvalue weighted by molar-refractivity contribution is -0.386. The third kappa shape index (κ3) is 5.62. The number of methoxy groups -OCH3 is 1. The maximum atomic E-state index is 11.6. The Morgan fingerprint density at radius 1 is 1.10 bits per heavy atom. The molecule has 0 radical (unpaired) electrons. The molecule has 0 heterocycles. The van der Waals surface area contributed by atoms with Gasteiger partial charge >= 0.3 is 5.69 Å². The van der Waals surface area contributed by atoms with Crippen molar-refractivity contribution >= 4 is 40.8 Å². The number of nitro groups is 1. The van der Waals surface area contributed by atoms with Gasteiger partial charge < -0.3 is 9.47 Å². The maximum Gasteiger partial charge on any atom is 0.315 e. The van der Waals surface area contributed by atoms with E-state index in [1.807, 2.05) is 6.07 Å². The first-order valence-corrected chi connectivity index (χ1v) is 9.50. The number of ether oxygens (including phenoxy) is 2. The molecule has 154 valence electrons. The van der Waals surface area contributed by atoms with Gasteiger partial charge in [-0.2, -0.15) is 5.10 Å². The molecule has 0 saturated heterocycles. The molecule has 3 aromatic carbocycles. The number of nitro benzene ring substituents is 1. The summed E-state index contributed by atoms with van der Waals surface area (Å²) in [4.78, 5) is 11.1. The number of nitrogens with zero attached hydrogens (tertiary/aromatic N) is 2. The summed E-state index contributed by atoms with van der Waals surface area (Å²) in [5.41, 5.74) is 4.50. The van der Waals surface area contributed by atoms with Crippen LogP contribution in [0.1, 0.15) is 11.1 Å². The first-order chi connectivity index (χ1) is 14.5. The smallest absolute Gasteiger partial charge is 0.315 e. The third-order valence-corrected chi connectivity index (χ3v) is 4.45. The van der Waals surface area contributed by atoms with E-state index >= 15 is 0 Å². The highest BCUT2D eigenvalue weighted by Gasteiger charge is 2.22. The molecule has 0 aliphatic rings. The van der Waals surface area contributed by atoms with Gasteiger partial charge in [0.05, 0.1) is 23.9 Å². The lowest BCUT2D eigenvalue weighted by atomic mass is 10.1. The Hall–Kier alpha value is -3.29. The molecule has 0 saturated carbocycles. The van der Waals surface area contributed by atoms with Gasteiger partial charge in [0.2, 0.25) is 5.75 Å². The molecule has 9 heteroatoms. The highest BCUT2D eigenvalue weighted by molar-refractivity contribution is 6.31. The number of anilines is 1. The summed E-state index contributed by atoms with van der Waals surface area (Å²) in [6.45, 7) is 0.0987. The van der Waals surface area contributed by atoms with Crippen molar-refractivity contribution in [2.75, 3.05) is 12.5 Å². The second-order valence-electron chi connectivity index (χ2n) is 6.13. The standard InChI is InChI=1S/C21H17Cl2N3O4/c1-29-20-10-15(12-24-25-18-7-3-6-17(23)11-18)9-19(26(27)28)21(20)30-13-14-4-2-5-16(22)8-14/h2-12,25H,13H2,1H3. The van der Waals surface area contributed by atoms with E-state index in [9.17, 15) is 10.1 Å². The molecule has 0 aliphatic carbocycles. The van der Waals surface area contributed by atoms with Gasteiger partial charge in [-0.3, -0.25) is 15.5 Å². The van der Waals surface area contributed by atoms with Crippen molar-refractivity contribution in [2.45, 2.75) is 6.61 Å². The molecule has 0 aromatic heterocycles. The lowest BCUT2D eigenvalue weighted by Gasteiger charge is -2.12. The number of hydrogen-bond acceptors (Lipinski definition) is 6. The van der Waals surface area contributed by atoms with E-state index in [4.69, 9.17) is 32.7 Å². The Kier molecular flexibility index (Phi) is 7.11. The van der Waals surface area contributed by atoms with Crippen LogP contribution in [0, 0.1) is 10.1 Å². The molecule has 0 bridgehead atoms. The number of nitrogens with one attached hydrogen (secondary N) is 1. The maximum absolute atomic E-state index is 11.6.